The summed E-state index contributed by atoms with van der Waals surface area (Å²) in [5.41, 5.74) is 10.7. The van der Waals surface area contributed by atoms with Gasteiger partial charge in [0.1, 0.15) is 0 Å². The molecule has 3 aromatic carbocycles. The van der Waals surface area contributed by atoms with Crippen molar-refractivity contribution in [2.45, 2.75) is 30.6 Å². The molecule has 0 spiro atoms. The molecule has 7 rings (SSSR count). The summed E-state index contributed by atoms with van der Waals surface area (Å²) >= 11 is 0. The van der Waals surface area contributed by atoms with Gasteiger partial charge in [0.25, 0.3) is 0 Å². The normalized spacial score (nSPS) is 26.3. The number of hydrogen-bond acceptors (Lipinski definition) is 1. The summed E-state index contributed by atoms with van der Waals surface area (Å²) in [6.07, 6.45) is 16.7. The molecule has 3 unspecified atom stereocenters. The molecule has 1 heteroatoms. The average Bonchev–Trinajstić information content (AvgIpc) is 3.21. The van der Waals surface area contributed by atoms with Crippen molar-refractivity contribution in [1.82, 2.24) is 0 Å². The predicted molar refractivity (Wildman–Crippen MR) is 141 cm³/mol. The molecule has 0 saturated carbocycles. The van der Waals surface area contributed by atoms with Gasteiger partial charge in [0.05, 0.1) is 11.4 Å². The Labute approximate surface area is 201 Å². The summed E-state index contributed by atoms with van der Waals surface area (Å²) in [4.78, 5) is 5.13. The fourth-order valence-electron chi connectivity index (χ4n) is 6.26. The molecule has 1 aliphatic heterocycles. The van der Waals surface area contributed by atoms with Crippen molar-refractivity contribution in [3.05, 3.63) is 149 Å². The maximum absolute atomic E-state index is 5.13. The summed E-state index contributed by atoms with van der Waals surface area (Å²) in [5.74, 6) is 1.73. The van der Waals surface area contributed by atoms with Gasteiger partial charge in [-0.1, -0.05) is 109 Å². The fourth-order valence-corrected chi connectivity index (χ4v) is 6.26. The molecule has 3 aromatic rings. The lowest BCUT2D eigenvalue weighted by molar-refractivity contribution is 0.525. The van der Waals surface area contributed by atoms with Crippen LogP contribution in [0.2, 0.25) is 0 Å². The highest BCUT2D eigenvalue weighted by Crippen LogP contribution is 2.50. The van der Waals surface area contributed by atoms with E-state index in [-0.39, 0.29) is 0 Å². The van der Waals surface area contributed by atoms with E-state index in [9.17, 15) is 0 Å². The van der Waals surface area contributed by atoms with E-state index in [0.717, 1.165) is 18.5 Å². The Morgan fingerprint density at radius 1 is 0.706 bits per heavy atom. The Hall–Kier alpha value is -3.71. The summed E-state index contributed by atoms with van der Waals surface area (Å²) in [5, 5.41) is 0. The second-order valence-corrected chi connectivity index (χ2v) is 9.87. The van der Waals surface area contributed by atoms with E-state index in [2.05, 4.69) is 115 Å². The number of aliphatic imine (C=N–C) groups is 1. The average molecular weight is 438 g/mol. The molecule has 1 nitrogen and oxygen atoms in total. The standard InChI is InChI=1S/C33H27N/c1-2-8-22(9-3-1)23-14-16-24(17-15-23)25-18-19-26-21-31-28-11-6-7-13-32(28)34-33(31)29-12-5-4-10-27(29)30(26)20-25/h1-14,16-20,23,26,30-31H,15,21H2/t23?,26-,30?,31?/m0/s1. The quantitative estimate of drug-likeness (QED) is 0.383. The Balaban J connectivity index is 1.24. The monoisotopic (exact) mass is 437 g/mol. The third-order valence-electron chi connectivity index (χ3n) is 7.99. The first kappa shape index (κ1) is 19.7. The van der Waals surface area contributed by atoms with Crippen LogP contribution in [0.3, 0.4) is 0 Å². The lowest BCUT2D eigenvalue weighted by Gasteiger charge is -2.28. The van der Waals surface area contributed by atoms with Crippen molar-refractivity contribution < 1.29 is 0 Å². The largest absolute Gasteiger partial charge is 0.252 e. The Morgan fingerprint density at radius 2 is 1.47 bits per heavy atom. The maximum atomic E-state index is 5.13. The van der Waals surface area contributed by atoms with Crippen molar-refractivity contribution in [1.29, 1.82) is 0 Å². The lowest BCUT2D eigenvalue weighted by Crippen LogP contribution is -2.14. The molecule has 164 valence electrons. The zero-order chi connectivity index (χ0) is 22.5. The van der Waals surface area contributed by atoms with Crippen LogP contribution in [0.1, 0.15) is 52.8 Å². The highest BCUT2D eigenvalue weighted by molar-refractivity contribution is 6.11. The van der Waals surface area contributed by atoms with Crippen LogP contribution in [-0.2, 0) is 0 Å². The number of nitrogens with zero attached hydrogens (tertiary/aromatic N) is 1. The van der Waals surface area contributed by atoms with E-state index in [4.69, 9.17) is 4.99 Å². The van der Waals surface area contributed by atoms with Gasteiger partial charge < -0.3 is 0 Å². The Kier molecular flexibility index (Phi) is 4.62. The molecular formula is C33H27N. The van der Waals surface area contributed by atoms with Gasteiger partial charge in [-0.25, -0.2) is 0 Å². The number of fused-ring (bicyclic) bond motifs is 7. The number of rotatable bonds is 2. The molecule has 0 amide bonds. The topological polar surface area (TPSA) is 12.4 Å². The van der Waals surface area contributed by atoms with Crippen molar-refractivity contribution >= 4 is 11.4 Å². The molecule has 0 aromatic heterocycles. The van der Waals surface area contributed by atoms with Crippen molar-refractivity contribution in [2.75, 3.05) is 0 Å². The third kappa shape index (κ3) is 3.19. The van der Waals surface area contributed by atoms with Gasteiger partial charge in [0.15, 0.2) is 0 Å². The zero-order valence-corrected chi connectivity index (χ0v) is 19.1. The van der Waals surface area contributed by atoms with Crippen molar-refractivity contribution in [2.24, 2.45) is 10.9 Å². The second-order valence-electron chi connectivity index (χ2n) is 9.87. The number of para-hydroxylation sites is 1. The minimum Gasteiger partial charge on any atom is -0.252 e. The number of benzene rings is 3. The maximum Gasteiger partial charge on any atom is 0.0672 e. The third-order valence-corrected chi connectivity index (χ3v) is 7.99. The zero-order valence-electron chi connectivity index (χ0n) is 19.1. The van der Waals surface area contributed by atoms with Gasteiger partial charge in [-0.3, -0.25) is 4.99 Å². The second kappa shape index (κ2) is 7.95. The summed E-state index contributed by atoms with van der Waals surface area (Å²) < 4.78 is 0. The Morgan fingerprint density at radius 3 is 2.32 bits per heavy atom. The van der Waals surface area contributed by atoms with Gasteiger partial charge >= 0.3 is 0 Å². The van der Waals surface area contributed by atoms with E-state index in [1.807, 2.05) is 0 Å². The van der Waals surface area contributed by atoms with Crippen LogP contribution in [0.15, 0.2) is 131 Å². The first-order chi connectivity index (χ1) is 16.8. The fraction of sp³-hybridized carbons (Fsp3) is 0.182. The number of allylic oxidation sites excluding steroid dienone is 8. The molecule has 4 aliphatic rings. The minimum absolute atomic E-state index is 0.382. The molecule has 0 radical (unpaired) electrons. The van der Waals surface area contributed by atoms with Gasteiger partial charge in [-0.05, 0) is 52.7 Å². The first-order valence-electron chi connectivity index (χ1n) is 12.5. The van der Waals surface area contributed by atoms with Crippen LogP contribution < -0.4 is 0 Å². The summed E-state index contributed by atoms with van der Waals surface area (Å²) in [7, 11) is 0. The van der Waals surface area contributed by atoms with E-state index in [1.54, 1.807) is 0 Å². The van der Waals surface area contributed by atoms with Gasteiger partial charge in [0.2, 0.25) is 0 Å². The number of hydrogen-bond donors (Lipinski definition) is 0. The minimum atomic E-state index is 0.382. The highest BCUT2D eigenvalue weighted by atomic mass is 14.8. The van der Waals surface area contributed by atoms with E-state index >= 15 is 0 Å². The van der Waals surface area contributed by atoms with E-state index in [0.29, 0.717) is 23.7 Å². The van der Waals surface area contributed by atoms with Crippen LogP contribution in [0.4, 0.5) is 5.69 Å². The molecule has 1 heterocycles. The predicted octanol–water partition coefficient (Wildman–Crippen LogP) is 8.17. The molecule has 0 N–H and O–H groups in total. The first-order valence-corrected chi connectivity index (χ1v) is 12.5. The lowest BCUT2D eigenvalue weighted by atomic mass is 9.76. The molecule has 34 heavy (non-hydrogen) atoms. The van der Waals surface area contributed by atoms with Crippen molar-refractivity contribution in [3.63, 3.8) is 0 Å². The SMILES string of the molecule is C1=CC(c2ccccc2)CC=C1C1=CC2c3ccccc3C3=Nc4ccccc4C3C[C@@H]2C=C1. The Bertz CT molecular complexity index is 1420. The van der Waals surface area contributed by atoms with Gasteiger partial charge in [-0.15, -0.1) is 0 Å². The van der Waals surface area contributed by atoms with Crippen LogP contribution in [0.5, 0.6) is 0 Å². The van der Waals surface area contributed by atoms with Gasteiger partial charge in [0, 0.05) is 23.3 Å². The van der Waals surface area contributed by atoms with Crippen molar-refractivity contribution in [3.8, 4) is 0 Å². The summed E-state index contributed by atoms with van der Waals surface area (Å²) in [6, 6.07) is 28.5. The molecule has 4 atom stereocenters. The highest BCUT2D eigenvalue weighted by Gasteiger charge is 2.38. The van der Waals surface area contributed by atoms with Crippen LogP contribution in [0, 0.1) is 5.92 Å². The smallest absolute Gasteiger partial charge is 0.0672 e. The van der Waals surface area contributed by atoms with E-state index in [1.165, 1.54) is 39.1 Å². The summed E-state index contributed by atoms with van der Waals surface area (Å²) in [6.45, 7) is 0. The van der Waals surface area contributed by atoms with Crippen LogP contribution in [-0.4, -0.2) is 5.71 Å². The molecule has 0 saturated heterocycles. The van der Waals surface area contributed by atoms with Gasteiger partial charge in [-0.2, -0.15) is 0 Å². The van der Waals surface area contributed by atoms with E-state index < -0.39 is 0 Å². The molecule has 0 fully saturated rings. The molecular weight excluding hydrogens is 410 g/mol. The van der Waals surface area contributed by atoms with Crippen LogP contribution >= 0.6 is 0 Å². The molecule has 0 bridgehead atoms. The van der Waals surface area contributed by atoms with Crippen LogP contribution in [0.25, 0.3) is 0 Å². The molecule has 3 aliphatic carbocycles.